The first-order valence-electron chi connectivity index (χ1n) is 9.61. The molecule has 0 bridgehead atoms. The van der Waals surface area contributed by atoms with Crippen LogP contribution < -0.4 is 5.56 Å². The molecule has 3 heterocycles. The van der Waals surface area contributed by atoms with Crippen LogP contribution in [0.3, 0.4) is 0 Å². The van der Waals surface area contributed by atoms with Gasteiger partial charge in [-0.2, -0.15) is 0 Å². The zero-order valence-electron chi connectivity index (χ0n) is 16.4. The molecule has 0 N–H and O–H groups in total. The maximum atomic E-state index is 13.3. The van der Waals surface area contributed by atoms with E-state index in [9.17, 15) is 18.8 Å². The number of ketones is 2. The molecule has 154 valence electrons. The summed E-state index contributed by atoms with van der Waals surface area (Å²) in [6.07, 6.45) is 4.42. The molecular weight excluding hydrogens is 397 g/mol. The largest absolute Gasteiger partial charge is 0.339 e. The molecule has 0 amide bonds. The van der Waals surface area contributed by atoms with Crippen molar-refractivity contribution in [3.63, 3.8) is 0 Å². The zero-order valence-corrected chi connectivity index (χ0v) is 16.4. The maximum Gasteiger partial charge on any atom is 0.255 e. The van der Waals surface area contributed by atoms with E-state index in [0.29, 0.717) is 5.69 Å². The van der Waals surface area contributed by atoms with Crippen LogP contribution in [-0.4, -0.2) is 25.7 Å². The number of halogens is 1. The third-order valence-corrected chi connectivity index (χ3v) is 4.81. The summed E-state index contributed by atoms with van der Waals surface area (Å²) in [7, 11) is 0. The van der Waals surface area contributed by atoms with Crippen LogP contribution in [0.25, 0.3) is 5.69 Å². The van der Waals surface area contributed by atoms with Gasteiger partial charge in [0.15, 0.2) is 11.6 Å². The fourth-order valence-electron chi connectivity index (χ4n) is 3.27. The molecule has 0 saturated carbocycles. The van der Waals surface area contributed by atoms with Gasteiger partial charge in [0.2, 0.25) is 0 Å². The van der Waals surface area contributed by atoms with E-state index in [-0.39, 0.29) is 35.7 Å². The summed E-state index contributed by atoms with van der Waals surface area (Å²) < 4.78 is 16.3. The second-order valence-electron chi connectivity index (χ2n) is 6.98. The van der Waals surface area contributed by atoms with Crippen LogP contribution in [0, 0.1) is 5.82 Å². The quantitative estimate of drug-likeness (QED) is 0.341. The Hall–Kier alpha value is -4.13. The summed E-state index contributed by atoms with van der Waals surface area (Å²) in [5, 5.41) is 0. The molecule has 31 heavy (non-hydrogen) atoms. The summed E-state index contributed by atoms with van der Waals surface area (Å²) in [4.78, 5) is 41.7. The second-order valence-corrected chi connectivity index (χ2v) is 6.98. The van der Waals surface area contributed by atoms with Crippen molar-refractivity contribution in [1.82, 2.24) is 14.1 Å². The molecule has 7 heteroatoms. The number of rotatable bonds is 7. The number of hydrogen-bond donors (Lipinski definition) is 0. The molecule has 6 nitrogen and oxygen atoms in total. The maximum absolute atomic E-state index is 13.3. The monoisotopic (exact) mass is 415 g/mol. The number of nitrogens with zero attached hydrogens (tertiary/aromatic N) is 3. The highest BCUT2D eigenvalue weighted by atomic mass is 19.1. The molecule has 0 fully saturated rings. The van der Waals surface area contributed by atoms with Crippen LogP contribution in [0.15, 0.2) is 90.1 Å². The third kappa shape index (κ3) is 4.56. The minimum atomic E-state index is -0.395. The van der Waals surface area contributed by atoms with E-state index in [4.69, 9.17) is 0 Å². The lowest BCUT2D eigenvalue weighted by Gasteiger charge is -2.08. The molecule has 0 saturated heterocycles. The highest BCUT2D eigenvalue weighted by Crippen LogP contribution is 2.18. The van der Waals surface area contributed by atoms with Gasteiger partial charge in [0, 0.05) is 31.2 Å². The van der Waals surface area contributed by atoms with E-state index in [1.807, 2.05) is 0 Å². The fourth-order valence-corrected chi connectivity index (χ4v) is 3.27. The molecule has 4 rings (SSSR count). The Balaban J connectivity index is 1.69. The molecule has 0 unspecified atom stereocenters. The molecule has 0 aliphatic rings. The van der Waals surface area contributed by atoms with E-state index >= 15 is 0 Å². The first-order chi connectivity index (χ1) is 15.0. The van der Waals surface area contributed by atoms with Crippen molar-refractivity contribution in [3.05, 3.63) is 118 Å². The molecule has 0 aliphatic carbocycles. The number of Topliss-reactive ketones (excluding diaryl/α,β-unsaturated/α-hetero) is 2. The lowest BCUT2D eigenvalue weighted by molar-refractivity contribution is 0.0886. The van der Waals surface area contributed by atoms with Gasteiger partial charge in [0.1, 0.15) is 11.5 Å². The Kier molecular flexibility index (Phi) is 5.66. The summed E-state index contributed by atoms with van der Waals surface area (Å²) in [6, 6.07) is 17.2. The van der Waals surface area contributed by atoms with Gasteiger partial charge >= 0.3 is 0 Å². The highest BCUT2D eigenvalue weighted by Gasteiger charge is 2.20. The zero-order chi connectivity index (χ0) is 21.8. The summed E-state index contributed by atoms with van der Waals surface area (Å²) in [5.74, 6) is -1.14. The lowest BCUT2D eigenvalue weighted by Crippen LogP contribution is -2.14. The van der Waals surface area contributed by atoms with E-state index in [1.165, 1.54) is 29.0 Å². The smallest absolute Gasteiger partial charge is 0.255 e. The number of carbonyl (C=O) groups is 2. The predicted octanol–water partition coefficient (Wildman–Crippen LogP) is 3.68. The van der Waals surface area contributed by atoms with Gasteiger partial charge in [-0.05, 0) is 42.0 Å². The van der Waals surface area contributed by atoms with Crippen molar-refractivity contribution in [3.8, 4) is 5.69 Å². The van der Waals surface area contributed by atoms with Crippen molar-refractivity contribution < 1.29 is 14.0 Å². The van der Waals surface area contributed by atoms with Crippen molar-refractivity contribution in [2.45, 2.75) is 13.0 Å². The van der Waals surface area contributed by atoms with Crippen molar-refractivity contribution in [1.29, 1.82) is 0 Å². The normalized spacial score (nSPS) is 10.7. The molecular formula is C24H18FN3O3. The number of pyridine rings is 2. The topological polar surface area (TPSA) is 74.0 Å². The van der Waals surface area contributed by atoms with Gasteiger partial charge in [-0.15, -0.1) is 0 Å². The summed E-state index contributed by atoms with van der Waals surface area (Å²) in [5.41, 5.74) is 1.52. The lowest BCUT2D eigenvalue weighted by atomic mass is 10.1. The van der Waals surface area contributed by atoms with Crippen molar-refractivity contribution in [2.24, 2.45) is 0 Å². The molecule has 4 aromatic rings. The Morgan fingerprint density at radius 2 is 1.71 bits per heavy atom. The summed E-state index contributed by atoms with van der Waals surface area (Å²) in [6.45, 7) is 0.278. The van der Waals surface area contributed by atoms with Gasteiger partial charge in [-0.3, -0.25) is 23.9 Å². The first-order valence-corrected chi connectivity index (χ1v) is 9.61. The van der Waals surface area contributed by atoms with Crippen LogP contribution in [-0.2, 0) is 6.54 Å². The van der Waals surface area contributed by atoms with E-state index in [1.54, 1.807) is 65.5 Å². The van der Waals surface area contributed by atoms with Gasteiger partial charge in [0.05, 0.1) is 17.8 Å². The Labute approximate surface area is 177 Å². The molecule has 3 aromatic heterocycles. The molecule has 0 aliphatic heterocycles. The first kappa shape index (κ1) is 20.2. The van der Waals surface area contributed by atoms with Crippen LogP contribution in [0.5, 0.6) is 0 Å². The Morgan fingerprint density at radius 1 is 0.935 bits per heavy atom. The van der Waals surface area contributed by atoms with Crippen molar-refractivity contribution in [2.75, 3.05) is 0 Å². The van der Waals surface area contributed by atoms with Crippen LogP contribution in [0.1, 0.15) is 33.0 Å². The SMILES string of the molecule is O=C(CC(=O)c1cc(-n2ccccc2=O)cn1Cc1ccc(F)cc1)c1ccccn1. The van der Waals surface area contributed by atoms with Crippen LogP contribution in [0.4, 0.5) is 4.39 Å². The van der Waals surface area contributed by atoms with E-state index in [0.717, 1.165) is 5.56 Å². The predicted molar refractivity (Wildman–Crippen MR) is 113 cm³/mol. The van der Waals surface area contributed by atoms with E-state index < -0.39 is 11.6 Å². The van der Waals surface area contributed by atoms with E-state index in [2.05, 4.69) is 4.98 Å². The molecule has 1 aromatic carbocycles. The van der Waals surface area contributed by atoms with Gasteiger partial charge < -0.3 is 4.57 Å². The van der Waals surface area contributed by atoms with Crippen LogP contribution in [0.2, 0.25) is 0 Å². The Bertz CT molecular complexity index is 1290. The minimum absolute atomic E-state index is 0.215. The Morgan fingerprint density at radius 3 is 2.42 bits per heavy atom. The molecule has 0 spiro atoms. The third-order valence-electron chi connectivity index (χ3n) is 4.81. The average Bonchev–Trinajstić information content (AvgIpc) is 3.20. The molecule has 0 radical (unpaired) electrons. The number of benzene rings is 1. The highest BCUT2D eigenvalue weighted by molar-refractivity contribution is 6.12. The minimum Gasteiger partial charge on any atom is -0.339 e. The fraction of sp³-hybridized carbons (Fsp3) is 0.0833. The number of carbonyl (C=O) groups excluding carboxylic acids is 2. The molecule has 0 atom stereocenters. The van der Waals surface area contributed by atoms with Gasteiger partial charge in [-0.1, -0.05) is 24.3 Å². The number of hydrogen-bond acceptors (Lipinski definition) is 4. The average molecular weight is 415 g/mol. The van der Waals surface area contributed by atoms with Crippen molar-refractivity contribution >= 4 is 11.6 Å². The van der Waals surface area contributed by atoms with Crippen LogP contribution >= 0.6 is 0 Å². The second kappa shape index (κ2) is 8.71. The summed E-state index contributed by atoms with van der Waals surface area (Å²) >= 11 is 0. The van der Waals surface area contributed by atoms with Gasteiger partial charge in [0.25, 0.3) is 5.56 Å². The standard InChI is InChI=1S/C24H18FN3O3/c25-18-9-7-17(8-10-18)15-27-16-19(28-12-4-2-6-24(28)31)13-21(27)23(30)14-22(29)20-5-1-3-11-26-20/h1-13,16H,14-15H2. The van der Waals surface area contributed by atoms with Gasteiger partial charge in [-0.25, -0.2) is 4.39 Å². The number of aromatic nitrogens is 3.